The average molecular weight is 849 g/mol. The minimum atomic E-state index is 0.598. The van der Waals surface area contributed by atoms with E-state index in [1.165, 1.54) is 67.3 Å². The summed E-state index contributed by atoms with van der Waals surface area (Å²) in [6.45, 7) is 16.7. The van der Waals surface area contributed by atoms with Gasteiger partial charge in [0.1, 0.15) is 23.3 Å². The summed E-state index contributed by atoms with van der Waals surface area (Å²) in [5.41, 5.74) is 31.2. The van der Waals surface area contributed by atoms with Gasteiger partial charge in [0.2, 0.25) is 0 Å². The van der Waals surface area contributed by atoms with Crippen LogP contribution in [-0.2, 0) is 51.4 Å². The van der Waals surface area contributed by atoms with Crippen molar-refractivity contribution in [2.24, 2.45) is 0 Å². The van der Waals surface area contributed by atoms with E-state index in [0.29, 0.717) is 11.6 Å². The van der Waals surface area contributed by atoms with Gasteiger partial charge in [-0.1, -0.05) is 48.5 Å². The number of nitrogens with zero attached hydrogens (tertiary/aromatic N) is 6. The molecule has 328 valence electrons. The van der Waals surface area contributed by atoms with Crippen molar-refractivity contribution < 1.29 is 0 Å². The van der Waals surface area contributed by atoms with Crippen molar-refractivity contribution in [1.29, 1.82) is 0 Å². The van der Waals surface area contributed by atoms with E-state index in [0.717, 1.165) is 85.8 Å². The van der Waals surface area contributed by atoms with Crippen LogP contribution >= 0.6 is 0 Å². The van der Waals surface area contributed by atoms with Gasteiger partial charge >= 0.3 is 0 Å². The van der Waals surface area contributed by atoms with Crippen molar-refractivity contribution in [2.75, 3.05) is 11.5 Å². The fourth-order valence-electron chi connectivity index (χ4n) is 8.88. The highest BCUT2D eigenvalue weighted by Crippen LogP contribution is 2.21. The monoisotopic (exact) mass is 849 g/mol. The molecule has 6 heterocycles. The van der Waals surface area contributed by atoms with Gasteiger partial charge in [0.15, 0.2) is 0 Å². The van der Waals surface area contributed by atoms with Crippen molar-refractivity contribution >= 4 is 11.6 Å². The Morgan fingerprint density at radius 2 is 0.578 bits per heavy atom. The minimum absolute atomic E-state index is 0.598. The summed E-state index contributed by atoms with van der Waals surface area (Å²) in [7, 11) is 0. The average Bonchev–Trinajstić information content (AvgIpc) is 3.77. The number of aromatic nitrogens is 6. The quantitative estimate of drug-likeness (QED) is 0.113. The number of benzene rings is 2. The smallest absolute Gasteiger partial charge is 0.137 e. The Kier molecular flexibility index (Phi) is 14.6. The Morgan fingerprint density at radius 1 is 0.312 bits per heavy atom. The summed E-state index contributed by atoms with van der Waals surface area (Å²) in [5, 5.41) is 0. The molecule has 0 amide bonds. The summed E-state index contributed by atoms with van der Waals surface area (Å²) >= 11 is 0. The van der Waals surface area contributed by atoms with Gasteiger partial charge in [-0.15, -0.1) is 0 Å². The molecule has 0 aliphatic carbocycles. The number of anilines is 2. The first-order chi connectivity index (χ1) is 30.7. The van der Waals surface area contributed by atoms with E-state index in [1.54, 1.807) is 0 Å². The maximum Gasteiger partial charge on any atom is 0.137 e. The van der Waals surface area contributed by atoms with Crippen LogP contribution in [0.1, 0.15) is 90.1 Å². The highest BCUT2D eigenvalue weighted by atomic mass is 15.1. The van der Waals surface area contributed by atoms with Crippen LogP contribution in [0.15, 0.2) is 121 Å². The number of aryl methyl sites for hydroxylation is 16. The van der Waals surface area contributed by atoms with Crippen molar-refractivity contribution in [3.8, 4) is 11.6 Å². The maximum atomic E-state index is 5.84. The molecule has 0 unspecified atom stereocenters. The summed E-state index contributed by atoms with van der Waals surface area (Å²) < 4.78 is 4.48. The minimum Gasteiger partial charge on any atom is -0.384 e. The van der Waals surface area contributed by atoms with E-state index in [-0.39, 0.29) is 0 Å². The Labute approximate surface area is 380 Å². The van der Waals surface area contributed by atoms with E-state index in [1.807, 2.05) is 26.0 Å². The van der Waals surface area contributed by atoms with Crippen LogP contribution in [0.4, 0.5) is 11.6 Å². The van der Waals surface area contributed by atoms with Gasteiger partial charge in [0.25, 0.3) is 0 Å². The van der Waals surface area contributed by atoms with E-state index in [4.69, 9.17) is 21.4 Å². The highest BCUT2D eigenvalue weighted by Gasteiger charge is 2.11. The Morgan fingerprint density at radius 3 is 0.875 bits per heavy atom. The lowest BCUT2D eigenvalue weighted by atomic mass is 9.99. The summed E-state index contributed by atoms with van der Waals surface area (Å²) in [4.78, 5) is 18.1. The Balaban J connectivity index is 0.000000206. The van der Waals surface area contributed by atoms with Crippen molar-refractivity contribution in [1.82, 2.24) is 29.1 Å². The molecule has 0 saturated carbocycles. The zero-order chi connectivity index (χ0) is 45.3. The first-order valence-electron chi connectivity index (χ1n) is 22.6. The van der Waals surface area contributed by atoms with E-state index < -0.39 is 0 Å². The molecule has 64 heavy (non-hydrogen) atoms. The second-order valence-corrected chi connectivity index (χ2v) is 17.6. The lowest BCUT2D eigenvalue weighted by Crippen LogP contribution is -2.05. The highest BCUT2D eigenvalue weighted by molar-refractivity contribution is 5.40. The maximum absolute atomic E-state index is 5.84. The number of nitrogen functional groups attached to an aromatic ring is 2. The molecule has 0 fully saturated rings. The molecule has 8 aromatic rings. The molecule has 6 aromatic heterocycles. The van der Waals surface area contributed by atoms with Crippen molar-refractivity contribution in [3.05, 3.63) is 211 Å². The molecule has 8 nitrogen and oxygen atoms in total. The van der Waals surface area contributed by atoms with Crippen LogP contribution in [0.25, 0.3) is 11.6 Å². The van der Waals surface area contributed by atoms with Gasteiger partial charge in [-0.05, 0) is 224 Å². The van der Waals surface area contributed by atoms with E-state index >= 15 is 0 Å². The predicted octanol–water partition coefficient (Wildman–Crippen LogP) is 11.3. The van der Waals surface area contributed by atoms with Gasteiger partial charge in [-0.2, -0.15) is 0 Å². The van der Waals surface area contributed by atoms with Crippen molar-refractivity contribution in [3.63, 3.8) is 0 Å². The summed E-state index contributed by atoms with van der Waals surface area (Å²) in [6, 6.07) is 43.6. The fourth-order valence-corrected chi connectivity index (χ4v) is 8.88. The molecule has 0 saturated heterocycles. The van der Waals surface area contributed by atoms with Gasteiger partial charge < -0.3 is 20.6 Å². The number of hydrogen-bond donors (Lipinski definition) is 2. The van der Waals surface area contributed by atoms with Crippen LogP contribution in [0, 0.1) is 55.4 Å². The molecule has 0 aliphatic rings. The molecule has 0 bridgehead atoms. The molecule has 0 aliphatic heterocycles. The van der Waals surface area contributed by atoms with Gasteiger partial charge in [0, 0.05) is 45.6 Å². The van der Waals surface area contributed by atoms with Gasteiger partial charge in [-0.25, -0.2) is 19.9 Å². The molecule has 2 aromatic carbocycles. The van der Waals surface area contributed by atoms with Crippen LogP contribution in [-0.4, -0.2) is 29.1 Å². The topological polar surface area (TPSA) is 113 Å². The first-order valence-corrected chi connectivity index (χ1v) is 22.6. The third-order valence-corrected chi connectivity index (χ3v) is 11.9. The van der Waals surface area contributed by atoms with Crippen LogP contribution in [0.2, 0.25) is 0 Å². The van der Waals surface area contributed by atoms with E-state index in [2.05, 4.69) is 170 Å². The second kappa shape index (κ2) is 20.6. The normalized spacial score (nSPS) is 11.1. The predicted molar refractivity (Wildman–Crippen MR) is 265 cm³/mol. The molecule has 0 radical (unpaired) electrons. The molecule has 8 heteroatoms. The van der Waals surface area contributed by atoms with Crippen LogP contribution < -0.4 is 11.5 Å². The molecule has 4 N–H and O–H groups in total. The molecular formula is C56H64N8. The zero-order valence-electron chi connectivity index (χ0n) is 39.0. The zero-order valence-corrected chi connectivity index (χ0v) is 39.0. The third kappa shape index (κ3) is 12.2. The number of nitrogens with two attached hydrogens (primary N) is 2. The van der Waals surface area contributed by atoms with Crippen LogP contribution in [0.3, 0.4) is 0 Å². The number of pyridine rings is 4. The SMILES string of the molecule is Cc1cc(CCc2cccc(CCc3cc(C)nc(-n4c(C)ccc4C)c3)c2)cc(-n2c(C)ccc2C)n1.Cc1cc(CCc2cccc(CCc3cc(C)nc(N)c3)c2)cc(N)n1. The molecule has 0 atom stereocenters. The summed E-state index contributed by atoms with van der Waals surface area (Å²) in [6.07, 6.45) is 7.98. The molecule has 0 spiro atoms. The molecular weight excluding hydrogens is 785 g/mol. The fraction of sp³-hybridized carbons (Fsp3) is 0.286. The third-order valence-electron chi connectivity index (χ3n) is 11.9. The lowest BCUT2D eigenvalue weighted by molar-refractivity contribution is 0.882. The first kappa shape index (κ1) is 45.2. The lowest BCUT2D eigenvalue weighted by Gasteiger charge is -2.13. The molecule has 8 rings (SSSR count). The van der Waals surface area contributed by atoms with Crippen molar-refractivity contribution in [2.45, 2.75) is 107 Å². The number of rotatable bonds is 14. The van der Waals surface area contributed by atoms with Gasteiger partial charge in [-0.3, -0.25) is 0 Å². The standard InChI is InChI=1S/C34H38N4.C22H26N4/c1-23-18-31(21-33(35-23)37-25(3)10-11-26(37)4)16-14-29-8-7-9-30(20-29)15-17-32-19-24(2)36-34(22-32)38-27(5)12-13-28(38)6;1-15-10-19(13-21(23)25-15)8-6-17-4-3-5-18(12-17)7-9-20-11-16(2)26-22(24)14-20/h7-13,18-22H,14-17H2,1-6H3;3-5,10-14H,6-9H2,1-2H3,(H2,23,25)(H2,24,26). The van der Waals surface area contributed by atoms with E-state index in [9.17, 15) is 0 Å². The van der Waals surface area contributed by atoms with Crippen LogP contribution in [0.5, 0.6) is 0 Å². The second-order valence-electron chi connectivity index (χ2n) is 17.6. The summed E-state index contributed by atoms with van der Waals surface area (Å²) in [5.74, 6) is 3.23. The Hall–Kier alpha value is -6.80. The Bertz CT molecular complexity index is 2600. The largest absolute Gasteiger partial charge is 0.384 e. The van der Waals surface area contributed by atoms with Gasteiger partial charge in [0.05, 0.1) is 0 Å². The number of hydrogen-bond acceptors (Lipinski definition) is 6.